The maximum absolute atomic E-state index is 5.36. The molecule has 4 nitrogen and oxygen atoms in total. The van der Waals surface area contributed by atoms with Gasteiger partial charge in [-0.2, -0.15) is 0 Å². The second kappa shape index (κ2) is 6.18. The van der Waals surface area contributed by atoms with Crippen molar-refractivity contribution in [3.8, 4) is 11.5 Å². The molecule has 1 aliphatic heterocycles. The summed E-state index contributed by atoms with van der Waals surface area (Å²) in [6.45, 7) is 2.20. The molecule has 1 aliphatic rings. The van der Waals surface area contributed by atoms with Crippen LogP contribution in [0.4, 0.5) is 11.4 Å². The number of benzene rings is 2. The molecule has 2 aromatic rings. The summed E-state index contributed by atoms with van der Waals surface area (Å²) >= 11 is 0. The van der Waals surface area contributed by atoms with E-state index in [9.17, 15) is 0 Å². The van der Waals surface area contributed by atoms with E-state index in [1.807, 2.05) is 30.3 Å². The molecule has 0 saturated carbocycles. The first-order valence-electron chi connectivity index (χ1n) is 7.54. The predicted molar refractivity (Wildman–Crippen MR) is 90.1 cm³/mol. The van der Waals surface area contributed by atoms with Crippen LogP contribution in [0.15, 0.2) is 42.5 Å². The van der Waals surface area contributed by atoms with Crippen LogP contribution >= 0.6 is 0 Å². The lowest BCUT2D eigenvalue weighted by Gasteiger charge is -2.32. The highest BCUT2D eigenvalue weighted by molar-refractivity contribution is 5.61. The van der Waals surface area contributed by atoms with Gasteiger partial charge in [0.15, 0.2) is 0 Å². The first kappa shape index (κ1) is 14.6. The van der Waals surface area contributed by atoms with Crippen molar-refractivity contribution < 1.29 is 9.47 Å². The van der Waals surface area contributed by atoms with Crippen LogP contribution in [0.5, 0.6) is 11.5 Å². The number of hydrogen-bond acceptors (Lipinski definition) is 4. The summed E-state index contributed by atoms with van der Waals surface area (Å²) in [6.07, 6.45) is 1.02. The number of rotatable bonds is 4. The van der Waals surface area contributed by atoms with Crippen LogP contribution in [0.1, 0.15) is 24.9 Å². The number of hydrogen-bond donors (Lipinski definition) is 2. The Morgan fingerprint density at radius 1 is 1.00 bits per heavy atom. The fourth-order valence-corrected chi connectivity index (χ4v) is 2.92. The second-order valence-electron chi connectivity index (χ2n) is 5.66. The summed E-state index contributed by atoms with van der Waals surface area (Å²) in [5, 5.41) is 7.15. The predicted octanol–water partition coefficient (Wildman–Crippen LogP) is 4.06. The fraction of sp³-hybridized carbons (Fsp3) is 0.333. The zero-order valence-electron chi connectivity index (χ0n) is 13.2. The summed E-state index contributed by atoms with van der Waals surface area (Å²) in [6, 6.07) is 14.9. The van der Waals surface area contributed by atoms with E-state index in [4.69, 9.17) is 9.47 Å². The van der Waals surface area contributed by atoms with Gasteiger partial charge in [0, 0.05) is 23.0 Å². The van der Waals surface area contributed by atoms with Gasteiger partial charge in [-0.1, -0.05) is 0 Å². The van der Waals surface area contributed by atoms with E-state index in [0.717, 1.165) is 23.6 Å². The van der Waals surface area contributed by atoms with E-state index in [1.54, 1.807) is 14.2 Å². The van der Waals surface area contributed by atoms with Crippen LogP contribution in [0, 0.1) is 0 Å². The van der Waals surface area contributed by atoms with Crippen LogP contribution in [-0.2, 0) is 0 Å². The average Bonchev–Trinajstić information content (AvgIpc) is 2.55. The van der Waals surface area contributed by atoms with Crippen molar-refractivity contribution in [3.63, 3.8) is 0 Å². The number of nitrogens with one attached hydrogen (secondary N) is 2. The topological polar surface area (TPSA) is 42.5 Å². The van der Waals surface area contributed by atoms with Crippen LogP contribution in [0.2, 0.25) is 0 Å². The Bertz CT molecular complexity index is 640. The van der Waals surface area contributed by atoms with Gasteiger partial charge in [-0.3, -0.25) is 0 Å². The molecule has 0 aliphatic carbocycles. The van der Waals surface area contributed by atoms with Crippen molar-refractivity contribution in [2.24, 2.45) is 0 Å². The van der Waals surface area contributed by atoms with Gasteiger partial charge < -0.3 is 20.1 Å². The quantitative estimate of drug-likeness (QED) is 0.893. The molecule has 116 valence electrons. The van der Waals surface area contributed by atoms with Crippen molar-refractivity contribution in [1.29, 1.82) is 0 Å². The molecule has 0 radical (unpaired) electrons. The lowest BCUT2D eigenvalue weighted by atomic mass is 9.93. The molecule has 0 unspecified atom stereocenters. The third-order valence-corrected chi connectivity index (χ3v) is 4.06. The van der Waals surface area contributed by atoms with Gasteiger partial charge >= 0.3 is 0 Å². The normalized spacial score (nSPS) is 19.8. The summed E-state index contributed by atoms with van der Waals surface area (Å²) in [5.74, 6) is 1.75. The van der Waals surface area contributed by atoms with Gasteiger partial charge in [-0.05, 0) is 55.8 Å². The molecule has 0 amide bonds. The first-order chi connectivity index (χ1) is 10.7. The molecule has 3 rings (SSSR count). The first-order valence-corrected chi connectivity index (χ1v) is 7.54. The Morgan fingerprint density at radius 2 is 1.68 bits per heavy atom. The zero-order valence-corrected chi connectivity index (χ0v) is 13.2. The van der Waals surface area contributed by atoms with Crippen LogP contribution in [0.25, 0.3) is 0 Å². The summed E-state index contributed by atoms with van der Waals surface area (Å²) in [7, 11) is 3.38. The third-order valence-electron chi connectivity index (χ3n) is 4.06. The Kier molecular flexibility index (Phi) is 4.09. The van der Waals surface area contributed by atoms with Gasteiger partial charge in [0.25, 0.3) is 0 Å². The number of anilines is 2. The molecule has 2 atom stereocenters. The highest BCUT2D eigenvalue weighted by Gasteiger charge is 2.24. The standard InChI is InChI=1S/C18H22N2O2/c1-12-10-18(20-13-4-6-14(21-2)7-5-13)16-11-15(22-3)8-9-17(16)19-12/h4-9,11-12,18-20H,10H2,1-3H3/t12-,18-/m0/s1. The van der Waals surface area contributed by atoms with Gasteiger partial charge in [-0.25, -0.2) is 0 Å². The monoisotopic (exact) mass is 298 g/mol. The number of fused-ring (bicyclic) bond motifs is 1. The SMILES string of the molecule is COc1ccc(N[C@H]2C[C@H](C)Nc3ccc(OC)cc32)cc1. The van der Waals surface area contributed by atoms with Gasteiger partial charge in [-0.15, -0.1) is 0 Å². The lowest BCUT2D eigenvalue weighted by Crippen LogP contribution is -2.28. The highest BCUT2D eigenvalue weighted by atomic mass is 16.5. The molecule has 0 fully saturated rings. The van der Waals surface area contributed by atoms with Crippen LogP contribution in [-0.4, -0.2) is 20.3 Å². The molecule has 0 aromatic heterocycles. The Balaban J connectivity index is 1.87. The maximum Gasteiger partial charge on any atom is 0.119 e. The molecule has 22 heavy (non-hydrogen) atoms. The van der Waals surface area contributed by atoms with Crippen LogP contribution in [0.3, 0.4) is 0 Å². The van der Waals surface area contributed by atoms with Crippen molar-refractivity contribution in [2.45, 2.75) is 25.4 Å². The Hall–Kier alpha value is -2.36. The van der Waals surface area contributed by atoms with E-state index in [-0.39, 0.29) is 6.04 Å². The Morgan fingerprint density at radius 3 is 2.36 bits per heavy atom. The second-order valence-corrected chi connectivity index (χ2v) is 5.66. The maximum atomic E-state index is 5.36. The minimum atomic E-state index is 0.259. The summed E-state index contributed by atoms with van der Waals surface area (Å²) < 4.78 is 10.6. The third kappa shape index (κ3) is 2.96. The van der Waals surface area contributed by atoms with Crippen molar-refractivity contribution in [3.05, 3.63) is 48.0 Å². The molecule has 0 spiro atoms. The zero-order chi connectivity index (χ0) is 15.5. The van der Waals surface area contributed by atoms with E-state index in [1.165, 1.54) is 11.3 Å². The van der Waals surface area contributed by atoms with Crippen molar-refractivity contribution in [1.82, 2.24) is 0 Å². The minimum Gasteiger partial charge on any atom is -0.497 e. The average molecular weight is 298 g/mol. The molecule has 2 aromatic carbocycles. The molecular formula is C18H22N2O2. The van der Waals surface area contributed by atoms with Gasteiger partial charge in [0.2, 0.25) is 0 Å². The van der Waals surface area contributed by atoms with E-state index in [2.05, 4.69) is 29.7 Å². The highest BCUT2D eigenvalue weighted by Crippen LogP contribution is 2.37. The van der Waals surface area contributed by atoms with E-state index >= 15 is 0 Å². The molecule has 4 heteroatoms. The molecule has 0 bridgehead atoms. The Labute approximate surface area is 131 Å². The minimum absolute atomic E-state index is 0.259. The molecule has 0 saturated heterocycles. The smallest absolute Gasteiger partial charge is 0.119 e. The van der Waals surface area contributed by atoms with Crippen LogP contribution < -0.4 is 20.1 Å². The molecular weight excluding hydrogens is 276 g/mol. The van der Waals surface area contributed by atoms with Crippen molar-refractivity contribution in [2.75, 3.05) is 24.9 Å². The van der Waals surface area contributed by atoms with Crippen molar-refractivity contribution >= 4 is 11.4 Å². The fourth-order valence-electron chi connectivity index (χ4n) is 2.92. The lowest BCUT2D eigenvalue weighted by molar-refractivity contribution is 0.413. The van der Waals surface area contributed by atoms with Gasteiger partial charge in [0.1, 0.15) is 11.5 Å². The summed E-state index contributed by atoms with van der Waals surface area (Å²) in [4.78, 5) is 0. The molecule has 1 heterocycles. The van der Waals surface area contributed by atoms with E-state index in [0.29, 0.717) is 6.04 Å². The number of ether oxygens (including phenoxy) is 2. The molecule has 2 N–H and O–H groups in total. The van der Waals surface area contributed by atoms with E-state index < -0.39 is 0 Å². The number of methoxy groups -OCH3 is 2. The summed E-state index contributed by atoms with van der Waals surface area (Å²) in [5.41, 5.74) is 3.51. The largest absolute Gasteiger partial charge is 0.497 e. The van der Waals surface area contributed by atoms with Gasteiger partial charge in [0.05, 0.1) is 20.3 Å².